The van der Waals surface area contributed by atoms with Gasteiger partial charge in [0.2, 0.25) is 0 Å². The zero-order valence-corrected chi connectivity index (χ0v) is 19.1. The molecule has 0 spiro atoms. The zero-order chi connectivity index (χ0) is 22.4. The largest absolute Gasteiger partial charge is 0.366 e. The maximum absolute atomic E-state index is 13.1. The van der Waals surface area contributed by atoms with Gasteiger partial charge in [-0.25, -0.2) is 4.98 Å². The van der Waals surface area contributed by atoms with Crippen LogP contribution in [-0.2, 0) is 22.5 Å². The Morgan fingerprint density at radius 3 is 2.97 bits per heavy atom. The lowest BCUT2D eigenvalue weighted by Gasteiger charge is -2.35. The lowest BCUT2D eigenvalue weighted by atomic mass is 9.87. The van der Waals surface area contributed by atoms with Gasteiger partial charge >= 0.3 is 0 Å². The number of H-pyrrole nitrogens is 1. The Labute approximate surface area is 193 Å². The van der Waals surface area contributed by atoms with Crippen LogP contribution in [0.1, 0.15) is 41.1 Å². The fraction of sp³-hybridized carbons (Fsp3) is 0.462. The van der Waals surface area contributed by atoms with Crippen LogP contribution in [0.2, 0.25) is 0 Å². The molecule has 33 heavy (non-hydrogen) atoms. The minimum Gasteiger partial charge on any atom is -0.366 e. The summed E-state index contributed by atoms with van der Waals surface area (Å²) in [5, 5.41) is 8.13. The van der Waals surface area contributed by atoms with Gasteiger partial charge < -0.3 is 25.3 Å². The number of pyridine rings is 1. The first-order valence-corrected chi connectivity index (χ1v) is 12.1. The van der Waals surface area contributed by atoms with Crippen LogP contribution >= 0.6 is 0 Å². The molecule has 6 rings (SSSR count). The molecule has 7 heteroatoms. The molecule has 0 saturated carbocycles. The van der Waals surface area contributed by atoms with Gasteiger partial charge in [0.1, 0.15) is 11.8 Å². The van der Waals surface area contributed by atoms with Crippen molar-refractivity contribution in [3.8, 4) is 11.1 Å². The molecule has 5 heterocycles. The van der Waals surface area contributed by atoms with Crippen LogP contribution in [-0.4, -0.2) is 59.7 Å². The third kappa shape index (κ3) is 3.84. The number of ether oxygens (including phenoxy) is 1. The van der Waals surface area contributed by atoms with E-state index in [1.54, 1.807) is 0 Å². The van der Waals surface area contributed by atoms with Crippen LogP contribution in [0.25, 0.3) is 22.2 Å². The van der Waals surface area contributed by atoms with Crippen LogP contribution in [0.15, 0.2) is 30.6 Å². The van der Waals surface area contributed by atoms with E-state index in [0.29, 0.717) is 25.7 Å². The summed E-state index contributed by atoms with van der Waals surface area (Å²) in [6.45, 7) is 6.57. The van der Waals surface area contributed by atoms with Gasteiger partial charge in [-0.15, -0.1) is 0 Å². The molecular formula is C26H31N5O2. The number of aromatic amines is 1. The highest BCUT2D eigenvalue weighted by Crippen LogP contribution is 2.36. The summed E-state index contributed by atoms with van der Waals surface area (Å²) >= 11 is 0. The van der Waals surface area contributed by atoms with Crippen LogP contribution in [0.4, 0.5) is 0 Å². The topological polar surface area (TPSA) is 82.3 Å². The molecule has 0 aliphatic carbocycles. The maximum atomic E-state index is 13.1. The zero-order valence-electron chi connectivity index (χ0n) is 19.1. The summed E-state index contributed by atoms with van der Waals surface area (Å²) in [6.07, 6.45) is 6.80. The molecule has 0 radical (unpaired) electrons. The molecule has 2 atom stereocenters. The Kier molecular flexibility index (Phi) is 5.40. The van der Waals surface area contributed by atoms with Gasteiger partial charge in [-0.05, 0) is 72.7 Å². The minimum atomic E-state index is -0.366. The number of carbonyl (C=O) groups excluding carboxylic acids is 1. The number of morpholine rings is 1. The van der Waals surface area contributed by atoms with E-state index in [4.69, 9.17) is 4.74 Å². The van der Waals surface area contributed by atoms with Gasteiger partial charge in [0.05, 0.1) is 6.61 Å². The molecule has 0 bridgehead atoms. The fourth-order valence-electron chi connectivity index (χ4n) is 5.53. The lowest BCUT2D eigenvalue weighted by molar-refractivity contribution is -0.146. The highest BCUT2D eigenvalue weighted by molar-refractivity contribution is 5.85. The van der Waals surface area contributed by atoms with Crippen molar-refractivity contribution in [2.45, 2.75) is 44.9 Å². The quantitative estimate of drug-likeness (QED) is 0.578. The summed E-state index contributed by atoms with van der Waals surface area (Å²) < 4.78 is 5.75. The molecule has 1 amide bonds. The van der Waals surface area contributed by atoms with Crippen molar-refractivity contribution in [2.75, 3.05) is 32.8 Å². The fourth-order valence-corrected chi connectivity index (χ4v) is 5.53. The van der Waals surface area contributed by atoms with E-state index in [0.717, 1.165) is 43.7 Å². The van der Waals surface area contributed by atoms with Gasteiger partial charge in [0, 0.05) is 55.6 Å². The van der Waals surface area contributed by atoms with Crippen LogP contribution in [0.5, 0.6) is 0 Å². The molecule has 1 aromatic carbocycles. The van der Waals surface area contributed by atoms with Crippen molar-refractivity contribution >= 4 is 16.9 Å². The highest BCUT2D eigenvalue weighted by Gasteiger charge is 2.32. The molecule has 3 N–H and O–H groups in total. The van der Waals surface area contributed by atoms with E-state index in [2.05, 4.69) is 45.7 Å². The first kappa shape index (κ1) is 20.8. The number of aryl methyl sites for hydroxylation is 1. The first-order valence-electron chi connectivity index (χ1n) is 12.1. The van der Waals surface area contributed by atoms with E-state index >= 15 is 0 Å². The third-order valence-corrected chi connectivity index (χ3v) is 7.40. The molecular weight excluding hydrogens is 414 g/mol. The number of fused-ring (bicyclic) bond motifs is 2. The van der Waals surface area contributed by atoms with Crippen molar-refractivity contribution in [3.63, 3.8) is 0 Å². The molecule has 2 aromatic heterocycles. The SMILES string of the molecule is Cc1c[nH]c2ncc(-c3cc4c(c(C5CCCN5)c3)CN(C(=O)C3CNCCO3)CC4)cc12. The second kappa shape index (κ2) is 8.56. The number of hydrogen-bond acceptors (Lipinski definition) is 5. The van der Waals surface area contributed by atoms with E-state index in [9.17, 15) is 4.79 Å². The number of carbonyl (C=O) groups is 1. The van der Waals surface area contributed by atoms with Crippen LogP contribution < -0.4 is 10.6 Å². The molecule has 2 fully saturated rings. The van der Waals surface area contributed by atoms with Gasteiger partial charge in [-0.2, -0.15) is 0 Å². The predicted molar refractivity (Wildman–Crippen MR) is 128 cm³/mol. The summed E-state index contributed by atoms with van der Waals surface area (Å²) in [5.74, 6) is 0.111. The van der Waals surface area contributed by atoms with Crippen LogP contribution in [0.3, 0.4) is 0 Å². The maximum Gasteiger partial charge on any atom is 0.253 e. The molecule has 7 nitrogen and oxygen atoms in total. The highest BCUT2D eigenvalue weighted by atomic mass is 16.5. The molecule has 2 saturated heterocycles. The van der Waals surface area contributed by atoms with E-state index in [1.165, 1.54) is 39.6 Å². The number of aromatic nitrogens is 2. The van der Waals surface area contributed by atoms with Crippen molar-refractivity contribution < 1.29 is 9.53 Å². The van der Waals surface area contributed by atoms with Crippen molar-refractivity contribution in [3.05, 3.63) is 52.8 Å². The number of amides is 1. The van der Waals surface area contributed by atoms with Gasteiger partial charge in [-0.1, -0.05) is 6.07 Å². The summed E-state index contributed by atoms with van der Waals surface area (Å²) in [4.78, 5) is 23.0. The molecule has 3 aliphatic rings. The smallest absolute Gasteiger partial charge is 0.253 e. The number of hydrogen-bond donors (Lipinski definition) is 3. The second-order valence-electron chi connectivity index (χ2n) is 9.52. The summed E-state index contributed by atoms with van der Waals surface area (Å²) in [7, 11) is 0. The van der Waals surface area contributed by atoms with Gasteiger partial charge in [-0.3, -0.25) is 4.79 Å². The molecule has 3 aromatic rings. The van der Waals surface area contributed by atoms with Crippen molar-refractivity contribution in [1.29, 1.82) is 0 Å². The van der Waals surface area contributed by atoms with E-state index < -0.39 is 0 Å². The standard InChI is InChI=1S/C26H31N5O2/c1-16-12-29-25-20(16)11-19(13-30-25)18-9-17-4-7-31(26(32)24-14-27-6-8-33-24)15-22(17)21(10-18)23-3-2-5-28-23/h9-13,23-24,27-28H,2-8,14-15H2,1H3,(H,29,30). The molecule has 3 aliphatic heterocycles. The van der Waals surface area contributed by atoms with Crippen molar-refractivity contribution in [2.24, 2.45) is 0 Å². The Morgan fingerprint density at radius 1 is 1.21 bits per heavy atom. The van der Waals surface area contributed by atoms with Gasteiger partial charge in [0.15, 0.2) is 0 Å². The predicted octanol–water partition coefficient (Wildman–Crippen LogP) is 2.84. The Balaban J connectivity index is 1.37. The van der Waals surface area contributed by atoms with E-state index in [-0.39, 0.29) is 12.0 Å². The number of benzene rings is 1. The second-order valence-corrected chi connectivity index (χ2v) is 9.52. The van der Waals surface area contributed by atoms with Crippen molar-refractivity contribution in [1.82, 2.24) is 25.5 Å². The number of nitrogens with zero attached hydrogens (tertiary/aromatic N) is 2. The molecule has 2 unspecified atom stereocenters. The average molecular weight is 446 g/mol. The number of nitrogens with one attached hydrogen (secondary N) is 3. The first-order chi connectivity index (χ1) is 16.2. The number of rotatable bonds is 3. The van der Waals surface area contributed by atoms with E-state index in [1.807, 2.05) is 17.3 Å². The Bertz CT molecular complexity index is 1190. The minimum absolute atomic E-state index is 0.111. The normalized spacial score (nSPS) is 23.1. The monoisotopic (exact) mass is 445 g/mol. The summed E-state index contributed by atoms with van der Waals surface area (Å²) in [6, 6.07) is 7.23. The third-order valence-electron chi connectivity index (χ3n) is 7.40. The average Bonchev–Trinajstić information content (AvgIpc) is 3.53. The Morgan fingerprint density at radius 2 is 2.15 bits per heavy atom. The Hall–Kier alpha value is -2.74. The summed E-state index contributed by atoms with van der Waals surface area (Å²) in [5.41, 5.74) is 8.51. The lowest BCUT2D eigenvalue weighted by Crippen LogP contribution is -2.50. The van der Waals surface area contributed by atoms with Crippen LogP contribution in [0, 0.1) is 6.92 Å². The molecule has 172 valence electrons. The van der Waals surface area contributed by atoms with Gasteiger partial charge in [0.25, 0.3) is 5.91 Å².